The summed E-state index contributed by atoms with van der Waals surface area (Å²) >= 11 is 1.78. The third kappa shape index (κ3) is 5.04. The van der Waals surface area contributed by atoms with Crippen molar-refractivity contribution in [3.05, 3.63) is 182 Å². The second-order valence-corrected chi connectivity index (χ2v) is 15.4. The average Bonchev–Trinajstić information content (AvgIpc) is 3.96. The van der Waals surface area contributed by atoms with Crippen molar-refractivity contribution in [1.82, 2.24) is 19.5 Å². The first kappa shape index (κ1) is 31.9. The van der Waals surface area contributed by atoms with Crippen LogP contribution in [-0.4, -0.2) is 19.5 Å². The Morgan fingerprint density at radius 3 is 1.77 bits per heavy atom. The number of hydrogen-bond donors (Lipinski definition) is 0. The fraction of sp³-hybridized carbons (Fsp3) is 0. The molecule has 6 heteroatoms. The minimum absolute atomic E-state index is 0.631. The third-order valence-electron chi connectivity index (χ3n) is 11.0. The van der Waals surface area contributed by atoms with Gasteiger partial charge in [-0.15, -0.1) is 11.3 Å². The van der Waals surface area contributed by atoms with Gasteiger partial charge in [-0.2, -0.15) is 0 Å². The Morgan fingerprint density at radius 2 is 1.04 bits per heavy atom. The molecule has 0 saturated carbocycles. The monoisotopic (exact) mass is 746 g/mol. The predicted octanol–water partition coefficient (Wildman–Crippen LogP) is 13.9. The van der Waals surface area contributed by atoms with E-state index < -0.39 is 0 Å². The van der Waals surface area contributed by atoms with Crippen LogP contribution in [0.1, 0.15) is 0 Å². The lowest BCUT2D eigenvalue weighted by Gasteiger charge is -2.13. The van der Waals surface area contributed by atoms with E-state index in [0.717, 1.165) is 87.3 Å². The normalized spacial score (nSPS) is 11.9. The number of thiophene rings is 1. The van der Waals surface area contributed by atoms with Gasteiger partial charge in [0.2, 0.25) is 0 Å². The molecule has 57 heavy (non-hydrogen) atoms. The summed E-state index contributed by atoms with van der Waals surface area (Å²) < 4.78 is 11.5. The largest absolute Gasteiger partial charge is 0.455 e. The van der Waals surface area contributed by atoms with Gasteiger partial charge in [0, 0.05) is 58.7 Å². The van der Waals surface area contributed by atoms with Crippen molar-refractivity contribution < 1.29 is 4.42 Å². The zero-order chi connectivity index (χ0) is 37.5. The van der Waals surface area contributed by atoms with Crippen LogP contribution in [0.15, 0.2) is 186 Å². The quantitative estimate of drug-likeness (QED) is 0.176. The highest BCUT2D eigenvalue weighted by Gasteiger charge is 2.23. The third-order valence-corrected chi connectivity index (χ3v) is 12.3. The van der Waals surface area contributed by atoms with E-state index in [1.165, 1.54) is 10.1 Å². The lowest BCUT2D eigenvalue weighted by Crippen LogP contribution is -2.01. The summed E-state index contributed by atoms with van der Waals surface area (Å²) in [5.74, 6) is 1.90. The molecule has 0 unspecified atom stereocenters. The zero-order valence-electron chi connectivity index (χ0n) is 30.4. The molecular formula is C51H30N4OS. The summed E-state index contributed by atoms with van der Waals surface area (Å²) in [6.07, 6.45) is 0. The molecule has 0 atom stereocenters. The van der Waals surface area contributed by atoms with Crippen LogP contribution >= 0.6 is 11.3 Å². The van der Waals surface area contributed by atoms with E-state index in [1.807, 2.05) is 42.5 Å². The average molecular weight is 747 g/mol. The summed E-state index contributed by atoms with van der Waals surface area (Å²) in [5.41, 5.74) is 10.1. The molecule has 8 aromatic carbocycles. The SMILES string of the molecule is c1ccc(-c2ccc3c4c5oc6ccccc6c5ccc4n(-c4cc(-c5nc(-c6ccccc6)nc(-c6ccccc6)n5)c5sc6ccccc6c5c4)c3c2)cc1. The van der Waals surface area contributed by atoms with Crippen LogP contribution in [0.4, 0.5) is 0 Å². The minimum atomic E-state index is 0.631. The Kier molecular flexibility index (Phi) is 7.03. The first-order valence-electron chi connectivity index (χ1n) is 19.0. The van der Waals surface area contributed by atoms with Crippen molar-refractivity contribution in [3.63, 3.8) is 0 Å². The van der Waals surface area contributed by atoms with Crippen LogP contribution in [0.3, 0.4) is 0 Å². The topological polar surface area (TPSA) is 56.7 Å². The highest BCUT2D eigenvalue weighted by Crippen LogP contribution is 2.45. The standard InChI is InChI=1S/C51H30N4OS/c1-4-14-31(15-5-1)34-24-25-39-43(28-34)55(42-27-26-38-36-20-10-12-22-44(36)56-47(38)46(39)42)35-29-40-37-21-11-13-23-45(37)57-48(40)41(30-35)51-53-49(32-16-6-2-7-17-32)52-50(54-51)33-18-8-3-9-19-33/h1-30H. The molecule has 0 fully saturated rings. The fourth-order valence-corrected chi connectivity index (χ4v) is 9.60. The number of furan rings is 1. The van der Waals surface area contributed by atoms with E-state index >= 15 is 0 Å². The van der Waals surface area contributed by atoms with Crippen LogP contribution in [0.25, 0.3) is 115 Å². The van der Waals surface area contributed by atoms with E-state index in [4.69, 9.17) is 19.4 Å². The number of hydrogen-bond acceptors (Lipinski definition) is 5. The van der Waals surface area contributed by atoms with Crippen LogP contribution in [-0.2, 0) is 0 Å². The molecule has 0 spiro atoms. The van der Waals surface area contributed by atoms with Crippen LogP contribution in [0.5, 0.6) is 0 Å². The summed E-state index contributed by atoms with van der Waals surface area (Å²) in [7, 11) is 0. The van der Waals surface area contributed by atoms with Gasteiger partial charge in [0.25, 0.3) is 0 Å². The van der Waals surface area contributed by atoms with Crippen molar-refractivity contribution >= 4 is 75.3 Å². The number of benzene rings is 8. The zero-order valence-corrected chi connectivity index (χ0v) is 31.2. The molecule has 0 amide bonds. The first-order chi connectivity index (χ1) is 28.2. The van der Waals surface area contributed by atoms with E-state index in [9.17, 15) is 0 Å². The second kappa shape index (κ2) is 12.6. The molecule has 0 bridgehead atoms. The number of aromatic nitrogens is 4. The lowest BCUT2D eigenvalue weighted by atomic mass is 10.0. The van der Waals surface area contributed by atoms with Crippen LogP contribution in [0, 0.1) is 0 Å². The molecule has 12 rings (SSSR count). The van der Waals surface area contributed by atoms with Gasteiger partial charge >= 0.3 is 0 Å². The number of fused-ring (bicyclic) bond motifs is 10. The van der Waals surface area contributed by atoms with Gasteiger partial charge < -0.3 is 8.98 Å². The molecular weight excluding hydrogens is 717 g/mol. The molecule has 12 aromatic rings. The highest BCUT2D eigenvalue weighted by atomic mass is 32.1. The predicted molar refractivity (Wildman–Crippen MR) is 236 cm³/mol. The van der Waals surface area contributed by atoms with Gasteiger partial charge in [-0.3, -0.25) is 0 Å². The summed E-state index contributed by atoms with van der Waals surface area (Å²) in [4.78, 5) is 15.5. The van der Waals surface area contributed by atoms with E-state index in [0.29, 0.717) is 17.5 Å². The summed E-state index contributed by atoms with van der Waals surface area (Å²) in [6.45, 7) is 0. The lowest BCUT2D eigenvalue weighted by molar-refractivity contribution is 0.673. The Hall–Kier alpha value is -7.41. The Morgan fingerprint density at radius 1 is 0.421 bits per heavy atom. The highest BCUT2D eigenvalue weighted by molar-refractivity contribution is 7.26. The second-order valence-electron chi connectivity index (χ2n) is 14.4. The van der Waals surface area contributed by atoms with Crippen LogP contribution < -0.4 is 0 Å². The molecule has 4 aromatic heterocycles. The maximum Gasteiger partial charge on any atom is 0.165 e. The Balaban J connectivity index is 1.20. The van der Waals surface area contributed by atoms with E-state index in [1.54, 1.807) is 11.3 Å². The maximum atomic E-state index is 6.72. The number of para-hydroxylation sites is 1. The molecule has 0 N–H and O–H groups in total. The fourth-order valence-electron chi connectivity index (χ4n) is 8.41. The molecule has 266 valence electrons. The minimum Gasteiger partial charge on any atom is -0.455 e. The molecule has 0 aliphatic heterocycles. The molecule has 5 nitrogen and oxygen atoms in total. The van der Waals surface area contributed by atoms with Gasteiger partial charge in [-0.1, -0.05) is 140 Å². The first-order valence-corrected chi connectivity index (χ1v) is 19.8. The van der Waals surface area contributed by atoms with Gasteiger partial charge in [-0.05, 0) is 53.6 Å². The smallest absolute Gasteiger partial charge is 0.165 e. The van der Waals surface area contributed by atoms with Crippen molar-refractivity contribution in [2.24, 2.45) is 0 Å². The van der Waals surface area contributed by atoms with Crippen molar-refractivity contribution in [1.29, 1.82) is 0 Å². The Labute approximate surface area is 330 Å². The van der Waals surface area contributed by atoms with Gasteiger partial charge in [-0.25, -0.2) is 15.0 Å². The molecule has 0 aliphatic rings. The van der Waals surface area contributed by atoms with Crippen molar-refractivity contribution in [3.8, 4) is 51.0 Å². The van der Waals surface area contributed by atoms with E-state index in [-0.39, 0.29) is 0 Å². The molecule has 0 saturated heterocycles. The summed E-state index contributed by atoms with van der Waals surface area (Å²) in [5, 5.41) is 6.80. The van der Waals surface area contributed by atoms with Gasteiger partial charge in [0.05, 0.1) is 16.4 Å². The van der Waals surface area contributed by atoms with E-state index in [2.05, 4.69) is 144 Å². The van der Waals surface area contributed by atoms with Crippen molar-refractivity contribution in [2.75, 3.05) is 0 Å². The molecule has 0 radical (unpaired) electrons. The van der Waals surface area contributed by atoms with Crippen molar-refractivity contribution in [2.45, 2.75) is 0 Å². The number of nitrogens with zero attached hydrogens (tertiary/aromatic N) is 4. The maximum absolute atomic E-state index is 6.72. The number of rotatable bonds is 5. The molecule has 4 heterocycles. The molecule has 0 aliphatic carbocycles. The van der Waals surface area contributed by atoms with Crippen LogP contribution in [0.2, 0.25) is 0 Å². The Bertz CT molecular complexity index is 3460. The van der Waals surface area contributed by atoms with Gasteiger partial charge in [0.1, 0.15) is 11.2 Å². The van der Waals surface area contributed by atoms with Gasteiger partial charge in [0.15, 0.2) is 17.5 Å². The summed E-state index contributed by atoms with van der Waals surface area (Å²) in [6, 6.07) is 63.8.